The Labute approximate surface area is 231 Å². The summed E-state index contributed by atoms with van der Waals surface area (Å²) >= 11 is 0. The quantitative estimate of drug-likeness (QED) is 0.302. The van der Waals surface area contributed by atoms with Crippen LogP contribution < -0.4 is 21.1 Å². The molecule has 1 aliphatic heterocycles. The van der Waals surface area contributed by atoms with Gasteiger partial charge in [-0.3, -0.25) is 4.79 Å². The lowest BCUT2D eigenvalue weighted by atomic mass is 9.99. The molecule has 0 amide bonds. The molecule has 206 valence electrons. The zero-order valence-electron chi connectivity index (χ0n) is 24.4. The first-order valence-corrected chi connectivity index (χ1v) is 14.0. The zero-order valence-corrected chi connectivity index (χ0v) is 24.4. The normalized spacial score (nSPS) is 15.4. The molecule has 0 saturated carbocycles. The van der Waals surface area contributed by atoms with Crippen LogP contribution in [0.15, 0.2) is 47.5 Å². The van der Waals surface area contributed by atoms with Gasteiger partial charge in [-0.1, -0.05) is 0 Å². The summed E-state index contributed by atoms with van der Waals surface area (Å²) < 4.78 is 2.36. The second-order valence-electron chi connectivity index (χ2n) is 12.0. The molecular weight excluding hydrogens is 484 g/mol. The van der Waals surface area contributed by atoms with Gasteiger partial charge in [0, 0.05) is 84.4 Å². The van der Waals surface area contributed by atoms with Crippen molar-refractivity contribution in [2.45, 2.75) is 73.1 Å². The molecular formula is C32H42N6O. The van der Waals surface area contributed by atoms with Crippen LogP contribution >= 0.6 is 0 Å². The summed E-state index contributed by atoms with van der Waals surface area (Å²) in [4.78, 5) is 22.7. The summed E-state index contributed by atoms with van der Waals surface area (Å²) in [5, 5.41) is 8.41. The van der Waals surface area contributed by atoms with Crippen molar-refractivity contribution in [2.24, 2.45) is 0 Å². The second kappa shape index (κ2) is 10.6. The summed E-state index contributed by atoms with van der Waals surface area (Å²) in [6, 6.07) is 11.3. The third kappa shape index (κ3) is 5.65. The van der Waals surface area contributed by atoms with Crippen molar-refractivity contribution < 1.29 is 0 Å². The van der Waals surface area contributed by atoms with Gasteiger partial charge in [0.15, 0.2) is 0 Å². The van der Waals surface area contributed by atoms with Gasteiger partial charge in [0.2, 0.25) is 0 Å². The number of nitrogens with one attached hydrogen (secondary N) is 3. The average Bonchev–Trinajstić information content (AvgIpc) is 3.22. The van der Waals surface area contributed by atoms with Gasteiger partial charge in [-0.2, -0.15) is 0 Å². The molecule has 4 aromatic rings. The topological polar surface area (TPSA) is 78.0 Å². The fourth-order valence-corrected chi connectivity index (χ4v) is 5.92. The van der Waals surface area contributed by atoms with Crippen LogP contribution in [0.3, 0.4) is 0 Å². The molecule has 0 atom stereocenters. The Morgan fingerprint density at radius 2 is 1.85 bits per heavy atom. The summed E-state index contributed by atoms with van der Waals surface area (Å²) in [6.07, 6.45) is 4.26. The first-order chi connectivity index (χ1) is 18.5. The van der Waals surface area contributed by atoms with Crippen LogP contribution in [-0.2, 0) is 13.1 Å². The summed E-state index contributed by atoms with van der Waals surface area (Å²) in [6.45, 7) is 19.1. The maximum atomic E-state index is 12.6. The molecule has 0 unspecified atom stereocenters. The summed E-state index contributed by atoms with van der Waals surface area (Å²) in [7, 11) is 0. The van der Waals surface area contributed by atoms with Crippen LogP contribution in [0.5, 0.6) is 0 Å². The first kappa shape index (κ1) is 27.2. The number of benzene rings is 1. The van der Waals surface area contributed by atoms with Crippen LogP contribution in [-0.4, -0.2) is 39.7 Å². The van der Waals surface area contributed by atoms with Gasteiger partial charge in [-0.25, -0.2) is 4.98 Å². The van der Waals surface area contributed by atoms with Crippen LogP contribution in [0.25, 0.3) is 22.0 Å². The van der Waals surface area contributed by atoms with Gasteiger partial charge in [0.25, 0.3) is 5.56 Å². The van der Waals surface area contributed by atoms with Crippen molar-refractivity contribution in [3.63, 3.8) is 0 Å². The SMILES string of the molecule is Cc1cc(C)c(CNCc2cc(-c3ccc(N4CCNC(C)(C)C4)nc3)cc3c2c(C)cn3C(C)C)c(=O)[nH]1. The lowest BCUT2D eigenvalue weighted by Gasteiger charge is -2.39. The molecule has 7 heteroatoms. The highest BCUT2D eigenvalue weighted by atomic mass is 16.1. The number of nitrogens with zero attached hydrogens (tertiary/aromatic N) is 3. The number of aromatic nitrogens is 3. The lowest BCUT2D eigenvalue weighted by Crippen LogP contribution is -2.57. The average molecular weight is 527 g/mol. The Kier molecular flexibility index (Phi) is 7.40. The fourth-order valence-electron chi connectivity index (χ4n) is 5.92. The fraction of sp³-hybridized carbons (Fsp3) is 0.438. The minimum Gasteiger partial charge on any atom is -0.354 e. The molecule has 1 aromatic carbocycles. The Hall–Kier alpha value is -3.42. The Morgan fingerprint density at radius 3 is 2.51 bits per heavy atom. The van der Waals surface area contributed by atoms with Crippen LogP contribution in [0.2, 0.25) is 0 Å². The second-order valence-corrected chi connectivity index (χ2v) is 12.0. The summed E-state index contributed by atoms with van der Waals surface area (Å²) in [5.41, 5.74) is 8.75. The number of rotatable bonds is 7. The number of piperazine rings is 1. The monoisotopic (exact) mass is 526 g/mol. The molecule has 0 spiro atoms. The molecule has 1 saturated heterocycles. The molecule has 0 bridgehead atoms. The van der Waals surface area contributed by atoms with Crippen molar-refractivity contribution in [3.05, 3.63) is 81.0 Å². The highest BCUT2D eigenvalue weighted by molar-refractivity contribution is 5.91. The Balaban J connectivity index is 1.47. The number of aromatic amines is 1. The molecule has 3 aromatic heterocycles. The molecule has 4 heterocycles. The zero-order chi connectivity index (χ0) is 27.9. The minimum absolute atomic E-state index is 0.0138. The number of H-pyrrole nitrogens is 1. The lowest BCUT2D eigenvalue weighted by molar-refractivity contribution is 0.352. The van der Waals surface area contributed by atoms with E-state index < -0.39 is 0 Å². The van der Waals surface area contributed by atoms with E-state index in [4.69, 9.17) is 4.98 Å². The number of hydrogen-bond donors (Lipinski definition) is 3. The Bertz CT molecular complexity index is 1540. The smallest absolute Gasteiger partial charge is 0.252 e. The maximum Gasteiger partial charge on any atom is 0.252 e. The van der Waals surface area contributed by atoms with Crippen molar-refractivity contribution >= 4 is 16.7 Å². The van der Waals surface area contributed by atoms with Crippen molar-refractivity contribution in [1.82, 2.24) is 25.2 Å². The van der Waals surface area contributed by atoms with Gasteiger partial charge < -0.3 is 25.1 Å². The molecule has 5 rings (SSSR count). The minimum atomic E-state index is -0.0138. The van der Waals surface area contributed by atoms with Gasteiger partial charge in [-0.05, 0) is 101 Å². The van der Waals surface area contributed by atoms with E-state index >= 15 is 0 Å². The number of aryl methyl sites for hydroxylation is 3. The van der Waals surface area contributed by atoms with E-state index in [2.05, 4.69) is 90.2 Å². The van der Waals surface area contributed by atoms with Crippen LogP contribution in [0, 0.1) is 20.8 Å². The molecule has 7 nitrogen and oxygen atoms in total. The van der Waals surface area contributed by atoms with Crippen molar-refractivity contribution in [2.75, 3.05) is 24.5 Å². The Morgan fingerprint density at radius 1 is 1.05 bits per heavy atom. The predicted molar refractivity (Wildman–Crippen MR) is 162 cm³/mol. The predicted octanol–water partition coefficient (Wildman–Crippen LogP) is 5.38. The van der Waals surface area contributed by atoms with Gasteiger partial charge in [0.1, 0.15) is 5.82 Å². The van der Waals surface area contributed by atoms with Crippen LogP contribution in [0.4, 0.5) is 5.82 Å². The van der Waals surface area contributed by atoms with E-state index in [0.29, 0.717) is 19.1 Å². The standard InChI is InChI=1S/C32H42N6O/c1-20(2)38-18-22(4)30-26(15-33-17-27-21(3)12-23(5)36-31(27)39)13-25(14-28(30)38)24-8-9-29(34-16-24)37-11-10-35-32(6,7)19-37/h8-9,12-14,16,18,20,33,35H,10-11,15,17,19H2,1-7H3,(H,36,39). The van der Waals surface area contributed by atoms with E-state index in [1.54, 1.807) is 0 Å². The van der Waals surface area contributed by atoms with E-state index in [9.17, 15) is 4.79 Å². The summed E-state index contributed by atoms with van der Waals surface area (Å²) in [5.74, 6) is 1.02. The van der Waals surface area contributed by atoms with E-state index in [1.807, 2.05) is 26.1 Å². The van der Waals surface area contributed by atoms with E-state index in [0.717, 1.165) is 53.4 Å². The third-order valence-electron chi connectivity index (χ3n) is 7.85. The molecule has 39 heavy (non-hydrogen) atoms. The van der Waals surface area contributed by atoms with Crippen molar-refractivity contribution in [3.8, 4) is 11.1 Å². The molecule has 3 N–H and O–H groups in total. The highest BCUT2D eigenvalue weighted by Crippen LogP contribution is 2.33. The molecule has 1 aliphatic rings. The van der Waals surface area contributed by atoms with E-state index in [1.165, 1.54) is 22.0 Å². The highest BCUT2D eigenvalue weighted by Gasteiger charge is 2.26. The largest absolute Gasteiger partial charge is 0.354 e. The van der Waals surface area contributed by atoms with Crippen molar-refractivity contribution in [1.29, 1.82) is 0 Å². The number of fused-ring (bicyclic) bond motifs is 1. The molecule has 0 aliphatic carbocycles. The first-order valence-electron chi connectivity index (χ1n) is 14.0. The molecule has 1 fully saturated rings. The third-order valence-corrected chi connectivity index (χ3v) is 7.85. The van der Waals surface area contributed by atoms with Gasteiger partial charge in [-0.15, -0.1) is 0 Å². The number of hydrogen-bond acceptors (Lipinski definition) is 5. The maximum absolute atomic E-state index is 12.6. The van der Waals surface area contributed by atoms with Crippen LogP contribution in [0.1, 0.15) is 61.7 Å². The van der Waals surface area contributed by atoms with E-state index in [-0.39, 0.29) is 11.1 Å². The van der Waals surface area contributed by atoms with Gasteiger partial charge >= 0.3 is 0 Å². The molecule has 0 radical (unpaired) electrons. The van der Waals surface area contributed by atoms with Gasteiger partial charge in [0.05, 0.1) is 0 Å². The number of pyridine rings is 2. The number of anilines is 1.